The normalized spacial score (nSPS) is 23.4. The molecule has 0 saturated carbocycles. The molecule has 0 aromatic heterocycles. The lowest BCUT2D eigenvalue weighted by Gasteiger charge is -2.32. The molecular formula is C13H23N. The molecule has 14 heavy (non-hydrogen) atoms. The van der Waals surface area contributed by atoms with Gasteiger partial charge in [0.1, 0.15) is 0 Å². The first-order valence-electron chi connectivity index (χ1n) is 5.48. The van der Waals surface area contributed by atoms with E-state index < -0.39 is 0 Å². The molecule has 1 heteroatoms. The number of hydrogen-bond acceptors (Lipinski definition) is 1. The zero-order valence-electron chi connectivity index (χ0n) is 10.1. The van der Waals surface area contributed by atoms with Crippen LogP contribution >= 0.6 is 0 Å². The van der Waals surface area contributed by atoms with Crippen LogP contribution in [0, 0.1) is 17.3 Å². The molecule has 1 unspecified atom stereocenters. The Kier molecular flexibility index (Phi) is 3.08. The van der Waals surface area contributed by atoms with Crippen LogP contribution in [0.4, 0.5) is 0 Å². The molecule has 0 aromatic rings. The number of allylic oxidation sites excluding steroid dienone is 3. The van der Waals surface area contributed by atoms with Gasteiger partial charge in [0.25, 0.3) is 0 Å². The van der Waals surface area contributed by atoms with Crippen molar-refractivity contribution in [2.24, 2.45) is 23.0 Å². The van der Waals surface area contributed by atoms with Gasteiger partial charge in [-0.2, -0.15) is 0 Å². The van der Waals surface area contributed by atoms with Crippen molar-refractivity contribution in [3.8, 4) is 0 Å². The molecule has 0 fully saturated rings. The maximum Gasteiger partial charge on any atom is 0.0276 e. The van der Waals surface area contributed by atoms with Crippen LogP contribution in [0.5, 0.6) is 0 Å². The van der Waals surface area contributed by atoms with Crippen LogP contribution in [0.15, 0.2) is 23.4 Å². The van der Waals surface area contributed by atoms with Crippen molar-refractivity contribution in [3.63, 3.8) is 0 Å². The summed E-state index contributed by atoms with van der Waals surface area (Å²) in [6, 6.07) is 0. The minimum absolute atomic E-state index is 0.318. The predicted octanol–water partition coefficient (Wildman–Crippen LogP) is 3.48. The summed E-state index contributed by atoms with van der Waals surface area (Å²) >= 11 is 0. The molecule has 2 N–H and O–H groups in total. The molecule has 1 aliphatic carbocycles. The summed E-state index contributed by atoms with van der Waals surface area (Å²) in [5, 5.41) is 0. The van der Waals surface area contributed by atoms with Crippen LogP contribution in [-0.4, -0.2) is 0 Å². The third-order valence-electron chi connectivity index (χ3n) is 3.06. The van der Waals surface area contributed by atoms with E-state index in [1.165, 1.54) is 12.0 Å². The van der Waals surface area contributed by atoms with E-state index in [0.717, 1.165) is 5.70 Å². The first kappa shape index (κ1) is 11.4. The van der Waals surface area contributed by atoms with E-state index in [4.69, 9.17) is 5.73 Å². The highest BCUT2D eigenvalue weighted by atomic mass is 14.6. The summed E-state index contributed by atoms with van der Waals surface area (Å²) in [6.07, 6.45) is 5.53. The van der Waals surface area contributed by atoms with Crippen LogP contribution in [0.2, 0.25) is 0 Å². The zero-order chi connectivity index (χ0) is 10.9. The second-order valence-electron chi connectivity index (χ2n) is 5.72. The third kappa shape index (κ3) is 2.63. The van der Waals surface area contributed by atoms with Crippen molar-refractivity contribution in [3.05, 3.63) is 23.4 Å². The van der Waals surface area contributed by atoms with Crippen molar-refractivity contribution >= 4 is 0 Å². The van der Waals surface area contributed by atoms with Gasteiger partial charge in [-0.15, -0.1) is 0 Å². The van der Waals surface area contributed by atoms with E-state index in [-0.39, 0.29) is 0 Å². The van der Waals surface area contributed by atoms with Gasteiger partial charge in [-0.05, 0) is 29.7 Å². The van der Waals surface area contributed by atoms with E-state index in [0.29, 0.717) is 17.3 Å². The smallest absolute Gasteiger partial charge is 0.0276 e. The van der Waals surface area contributed by atoms with Gasteiger partial charge in [-0.1, -0.05) is 46.3 Å². The SMILES string of the molecule is CC(C)C1=CC(N)=CC(C(C)(C)C)C1. The lowest BCUT2D eigenvalue weighted by Crippen LogP contribution is -2.23. The standard InChI is InChI=1S/C13H23N/c1-9(2)10-6-11(13(3,4)5)8-12(14)7-10/h7-9,11H,6,14H2,1-5H3. The number of rotatable bonds is 1. The second kappa shape index (κ2) is 3.80. The van der Waals surface area contributed by atoms with Crippen molar-refractivity contribution < 1.29 is 0 Å². The molecule has 0 amide bonds. The largest absolute Gasteiger partial charge is 0.399 e. The number of nitrogens with two attached hydrogens (primary N) is 1. The minimum atomic E-state index is 0.318. The monoisotopic (exact) mass is 193 g/mol. The van der Waals surface area contributed by atoms with Gasteiger partial charge in [-0.25, -0.2) is 0 Å². The van der Waals surface area contributed by atoms with Gasteiger partial charge in [0.2, 0.25) is 0 Å². The molecule has 0 spiro atoms. The fourth-order valence-corrected chi connectivity index (χ4v) is 1.82. The lowest BCUT2D eigenvalue weighted by molar-refractivity contribution is 0.283. The topological polar surface area (TPSA) is 26.0 Å². The van der Waals surface area contributed by atoms with E-state index in [1.807, 2.05) is 0 Å². The molecule has 1 nitrogen and oxygen atoms in total. The fourth-order valence-electron chi connectivity index (χ4n) is 1.82. The summed E-state index contributed by atoms with van der Waals surface area (Å²) in [7, 11) is 0. The third-order valence-corrected chi connectivity index (χ3v) is 3.06. The molecular weight excluding hydrogens is 170 g/mol. The highest BCUT2D eigenvalue weighted by Crippen LogP contribution is 2.37. The Bertz CT molecular complexity index is 263. The van der Waals surface area contributed by atoms with E-state index in [1.54, 1.807) is 0 Å². The molecule has 1 rings (SSSR count). The maximum absolute atomic E-state index is 5.93. The minimum Gasteiger partial charge on any atom is -0.399 e. The maximum atomic E-state index is 5.93. The average Bonchev–Trinajstić information content (AvgIpc) is 2.01. The van der Waals surface area contributed by atoms with Crippen molar-refractivity contribution in [2.75, 3.05) is 0 Å². The molecule has 0 saturated heterocycles. The molecule has 0 heterocycles. The van der Waals surface area contributed by atoms with Gasteiger partial charge >= 0.3 is 0 Å². The number of hydrogen-bond donors (Lipinski definition) is 1. The molecule has 0 radical (unpaired) electrons. The second-order valence-corrected chi connectivity index (χ2v) is 5.72. The van der Waals surface area contributed by atoms with Gasteiger partial charge < -0.3 is 5.73 Å². The predicted molar refractivity (Wildman–Crippen MR) is 62.8 cm³/mol. The van der Waals surface area contributed by atoms with E-state index in [9.17, 15) is 0 Å². The van der Waals surface area contributed by atoms with E-state index >= 15 is 0 Å². The van der Waals surface area contributed by atoms with Crippen LogP contribution in [0.3, 0.4) is 0 Å². The average molecular weight is 193 g/mol. The van der Waals surface area contributed by atoms with Crippen molar-refractivity contribution in [1.82, 2.24) is 0 Å². The molecule has 80 valence electrons. The van der Waals surface area contributed by atoms with Crippen LogP contribution < -0.4 is 5.73 Å². The first-order chi connectivity index (χ1) is 6.30. The lowest BCUT2D eigenvalue weighted by atomic mass is 9.73. The Morgan fingerprint density at radius 2 is 1.93 bits per heavy atom. The zero-order valence-corrected chi connectivity index (χ0v) is 10.1. The summed E-state index contributed by atoms with van der Waals surface area (Å²) in [5.74, 6) is 1.21. The highest BCUT2D eigenvalue weighted by molar-refractivity contribution is 5.28. The van der Waals surface area contributed by atoms with Crippen LogP contribution in [0.25, 0.3) is 0 Å². The molecule has 0 aromatic carbocycles. The van der Waals surface area contributed by atoms with E-state index in [2.05, 4.69) is 46.8 Å². The summed E-state index contributed by atoms with van der Waals surface area (Å²) in [4.78, 5) is 0. The summed E-state index contributed by atoms with van der Waals surface area (Å²) < 4.78 is 0. The Morgan fingerprint density at radius 1 is 1.36 bits per heavy atom. The van der Waals surface area contributed by atoms with Gasteiger partial charge in [-0.3, -0.25) is 0 Å². The Balaban J connectivity index is 2.86. The fraction of sp³-hybridized carbons (Fsp3) is 0.692. The van der Waals surface area contributed by atoms with Crippen LogP contribution in [0.1, 0.15) is 41.0 Å². The summed E-state index contributed by atoms with van der Waals surface area (Å²) in [6.45, 7) is 11.3. The van der Waals surface area contributed by atoms with Gasteiger partial charge in [0.05, 0.1) is 0 Å². The Morgan fingerprint density at radius 3 is 2.36 bits per heavy atom. The first-order valence-corrected chi connectivity index (χ1v) is 5.48. The molecule has 0 bridgehead atoms. The Hall–Kier alpha value is -0.720. The molecule has 0 aliphatic heterocycles. The molecule has 1 aliphatic rings. The Labute approximate surface area is 88.1 Å². The summed E-state index contributed by atoms with van der Waals surface area (Å²) in [5.41, 5.74) is 8.69. The molecule has 1 atom stereocenters. The quantitative estimate of drug-likeness (QED) is 0.678. The van der Waals surface area contributed by atoms with Crippen molar-refractivity contribution in [2.45, 2.75) is 41.0 Å². The van der Waals surface area contributed by atoms with Gasteiger partial charge in [0.15, 0.2) is 0 Å². The van der Waals surface area contributed by atoms with Gasteiger partial charge in [0, 0.05) is 5.70 Å². The highest BCUT2D eigenvalue weighted by Gasteiger charge is 2.26. The van der Waals surface area contributed by atoms with Crippen molar-refractivity contribution in [1.29, 1.82) is 0 Å². The van der Waals surface area contributed by atoms with Crippen LogP contribution in [-0.2, 0) is 0 Å².